The fraction of sp³-hybridized carbons (Fsp3) is 0.842. The highest BCUT2D eigenvalue weighted by Gasteiger charge is 2.58. The van der Waals surface area contributed by atoms with E-state index in [-0.39, 0.29) is 5.41 Å². The van der Waals surface area contributed by atoms with Gasteiger partial charge in [-0.3, -0.25) is 4.79 Å². The summed E-state index contributed by atoms with van der Waals surface area (Å²) in [4.78, 5) is 12.4. The lowest BCUT2D eigenvalue weighted by molar-refractivity contribution is -0.131. The molecule has 1 nitrogen and oxygen atoms in total. The zero-order valence-electron chi connectivity index (χ0n) is 13.3. The number of hydrogen-bond acceptors (Lipinski definition) is 1. The zero-order chi connectivity index (χ0) is 14.8. The topological polar surface area (TPSA) is 17.1 Å². The molecule has 0 aromatic heterocycles. The molecule has 0 bridgehead atoms. The standard InChI is InChI=1S/C19H27ClO/c1-18-9-7-13(20)11-12(18)3-4-14-15-5-6-17(21)19(15,2)10-8-16(14)18/h3,13-16H,4-11H2,1-2H3/t13-,14-,15-,16-,18+,19+/m1/s1. The summed E-state index contributed by atoms with van der Waals surface area (Å²) in [7, 11) is 0. The van der Waals surface area contributed by atoms with Crippen LogP contribution in [0.3, 0.4) is 0 Å². The molecule has 0 spiro atoms. The Balaban J connectivity index is 1.69. The summed E-state index contributed by atoms with van der Waals surface area (Å²) >= 11 is 6.42. The molecule has 0 aliphatic heterocycles. The first-order chi connectivity index (χ1) is 9.95. The van der Waals surface area contributed by atoms with E-state index in [0.717, 1.165) is 37.5 Å². The molecule has 4 aliphatic rings. The van der Waals surface area contributed by atoms with Gasteiger partial charge in [-0.2, -0.15) is 0 Å². The van der Waals surface area contributed by atoms with Crippen molar-refractivity contribution in [2.24, 2.45) is 28.6 Å². The number of rotatable bonds is 0. The van der Waals surface area contributed by atoms with Gasteiger partial charge >= 0.3 is 0 Å². The number of ketones is 1. The third kappa shape index (κ3) is 1.85. The molecule has 0 unspecified atom stereocenters. The van der Waals surface area contributed by atoms with Gasteiger partial charge in [-0.25, -0.2) is 0 Å². The molecule has 0 amide bonds. The van der Waals surface area contributed by atoms with Gasteiger partial charge in [0, 0.05) is 17.2 Å². The smallest absolute Gasteiger partial charge is 0.139 e. The van der Waals surface area contributed by atoms with E-state index in [1.165, 1.54) is 25.7 Å². The van der Waals surface area contributed by atoms with Crippen LogP contribution in [0.1, 0.15) is 65.2 Å². The van der Waals surface area contributed by atoms with E-state index in [1.54, 1.807) is 5.57 Å². The van der Waals surface area contributed by atoms with Crippen LogP contribution in [0.5, 0.6) is 0 Å². The minimum absolute atomic E-state index is 0.00650. The zero-order valence-corrected chi connectivity index (χ0v) is 14.1. The van der Waals surface area contributed by atoms with Gasteiger partial charge in [-0.05, 0) is 68.1 Å². The average Bonchev–Trinajstić information content (AvgIpc) is 2.76. The number of allylic oxidation sites excluding steroid dienone is 2. The van der Waals surface area contributed by atoms with Crippen LogP contribution in [0.25, 0.3) is 0 Å². The van der Waals surface area contributed by atoms with E-state index >= 15 is 0 Å². The summed E-state index contributed by atoms with van der Waals surface area (Å²) in [6.45, 7) is 4.76. The highest BCUT2D eigenvalue weighted by molar-refractivity contribution is 6.20. The van der Waals surface area contributed by atoms with Gasteiger partial charge in [-0.15, -0.1) is 11.6 Å². The summed E-state index contributed by atoms with van der Waals surface area (Å²) < 4.78 is 0. The predicted octanol–water partition coefficient (Wildman–Crippen LogP) is 5.13. The van der Waals surface area contributed by atoms with Crippen LogP contribution in [-0.4, -0.2) is 11.2 Å². The van der Waals surface area contributed by atoms with Gasteiger partial charge in [0.05, 0.1) is 0 Å². The number of fused-ring (bicyclic) bond motifs is 5. The second kappa shape index (κ2) is 4.60. The molecule has 116 valence electrons. The van der Waals surface area contributed by atoms with E-state index in [1.807, 2.05) is 0 Å². The van der Waals surface area contributed by atoms with Crippen molar-refractivity contribution in [3.63, 3.8) is 0 Å². The van der Waals surface area contributed by atoms with Crippen LogP contribution < -0.4 is 0 Å². The van der Waals surface area contributed by atoms with Gasteiger partial charge in [0.15, 0.2) is 0 Å². The first-order valence-corrected chi connectivity index (χ1v) is 9.26. The maximum Gasteiger partial charge on any atom is 0.139 e. The van der Waals surface area contributed by atoms with Gasteiger partial charge in [0.25, 0.3) is 0 Å². The molecule has 0 N–H and O–H groups in total. The third-order valence-corrected chi connectivity index (χ3v) is 8.13. The SMILES string of the molecule is C[C@]12CC[C@@H](Cl)CC1=CC[C@H]1[C@H]2CC[C@]2(C)C(=O)CC[C@H]12. The fourth-order valence-corrected chi connectivity index (χ4v) is 6.66. The summed E-state index contributed by atoms with van der Waals surface area (Å²) in [5.41, 5.74) is 2.02. The van der Waals surface area contributed by atoms with Crippen LogP contribution in [0.4, 0.5) is 0 Å². The van der Waals surface area contributed by atoms with Crippen molar-refractivity contribution >= 4 is 17.4 Å². The molecular formula is C19H27ClO. The van der Waals surface area contributed by atoms with E-state index < -0.39 is 0 Å². The highest BCUT2D eigenvalue weighted by Crippen LogP contribution is 2.64. The van der Waals surface area contributed by atoms with Crippen molar-refractivity contribution in [3.8, 4) is 0 Å². The van der Waals surface area contributed by atoms with E-state index in [4.69, 9.17) is 11.6 Å². The van der Waals surface area contributed by atoms with E-state index in [0.29, 0.717) is 22.5 Å². The van der Waals surface area contributed by atoms with Crippen molar-refractivity contribution in [3.05, 3.63) is 11.6 Å². The summed E-state index contributed by atoms with van der Waals surface area (Å²) in [5.74, 6) is 2.74. The molecule has 3 fully saturated rings. The molecule has 0 saturated heterocycles. The third-order valence-electron chi connectivity index (χ3n) is 7.75. The van der Waals surface area contributed by atoms with Crippen molar-refractivity contribution in [1.29, 1.82) is 0 Å². The Kier molecular flexibility index (Phi) is 3.13. The maximum absolute atomic E-state index is 12.4. The molecular weight excluding hydrogens is 280 g/mol. The first-order valence-electron chi connectivity index (χ1n) is 8.82. The minimum atomic E-state index is 0.00650. The van der Waals surface area contributed by atoms with Gasteiger partial charge in [0.2, 0.25) is 0 Å². The fourth-order valence-electron chi connectivity index (χ4n) is 6.39. The lowest BCUT2D eigenvalue weighted by Crippen LogP contribution is -2.50. The van der Waals surface area contributed by atoms with Crippen LogP contribution in [0.15, 0.2) is 11.6 Å². The summed E-state index contributed by atoms with van der Waals surface area (Å²) in [6.07, 6.45) is 11.6. The highest BCUT2D eigenvalue weighted by atomic mass is 35.5. The average molecular weight is 307 g/mol. The first kappa shape index (κ1) is 14.3. The number of Topliss-reactive ketones (excluding diaryl/α,β-unsaturated/α-hetero) is 1. The molecule has 0 heterocycles. The molecule has 0 aromatic carbocycles. The van der Waals surface area contributed by atoms with Crippen LogP contribution in [0.2, 0.25) is 0 Å². The van der Waals surface area contributed by atoms with E-state index in [9.17, 15) is 4.79 Å². The molecule has 3 saturated carbocycles. The van der Waals surface area contributed by atoms with Crippen LogP contribution >= 0.6 is 11.6 Å². The Hall–Kier alpha value is -0.300. The largest absolute Gasteiger partial charge is 0.299 e. The molecule has 4 rings (SSSR count). The van der Waals surface area contributed by atoms with Crippen molar-refractivity contribution in [1.82, 2.24) is 0 Å². The quantitative estimate of drug-likeness (QED) is 0.448. The lowest BCUT2D eigenvalue weighted by Gasteiger charge is -2.56. The number of carbonyl (C=O) groups is 1. The number of alkyl halides is 1. The van der Waals surface area contributed by atoms with Crippen LogP contribution in [0, 0.1) is 28.6 Å². The minimum Gasteiger partial charge on any atom is -0.299 e. The Morgan fingerprint density at radius 1 is 1.10 bits per heavy atom. The van der Waals surface area contributed by atoms with Gasteiger partial charge in [0.1, 0.15) is 5.78 Å². The predicted molar refractivity (Wildman–Crippen MR) is 86.4 cm³/mol. The Morgan fingerprint density at radius 3 is 2.62 bits per heavy atom. The Morgan fingerprint density at radius 2 is 1.81 bits per heavy atom. The second-order valence-electron chi connectivity index (χ2n) is 8.52. The molecule has 6 atom stereocenters. The van der Waals surface area contributed by atoms with Gasteiger partial charge in [-0.1, -0.05) is 25.5 Å². The molecule has 0 aromatic rings. The lowest BCUT2D eigenvalue weighted by atomic mass is 9.48. The Labute approximate surface area is 133 Å². The van der Waals surface area contributed by atoms with Crippen molar-refractivity contribution < 1.29 is 4.79 Å². The van der Waals surface area contributed by atoms with Gasteiger partial charge < -0.3 is 0 Å². The molecule has 4 aliphatic carbocycles. The maximum atomic E-state index is 12.4. The summed E-state index contributed by atoms with van der Waals surface area (Å²) in [5, 5.41) is 0.350. The molecule has 2 heteroatoms. The number of halogens is 1. The normalized spacial score (nSPS) is 52.7. The van der Waals surface area contributed by atoms with E-state index in [2.05, 4.69) is 19.9 Å². The number of carbonyl (C=O) groups excluding carboxylic acids is 1. The van der Waals surface area contributed by atoms with Crippen molar-refractivity contribution in [2.45, 2.75) is 70.6 Å². The molecule has 21 heavy (non-hydrogen) atoms. The van der Waals surface area contributed by atoms with Crippen LogP contribution in [-0.2, 0) is 4.79 Å². The number of hydrogen-bond donors (Lipinski definition) is 0. The molecule has 0 radical (unpaired) electrons. The second-order valence-corrected chi connectivity index (χ2v) is 9.13. The van der Waals surface area contributed by atoms with Crippen molar-refractivity contribution in [2.75, 3.05) is 0 Å². The monoisotopic (exact) mass is 306 g/mol. The Bertz CT molecular complexity index is 510. The summed E-state index contributed by atoms with van der Waals surface area (Å²) in [6, 6.07) is 0.